The predicted molar refractivity (Wildman–Crippen MR) is 88.4 cm³/mol. The Hall–Kier alpha value is -2.71. The van der Waals surface area contributed by atoms with E-state index in [1.165, 1.54) is 0 Å². The number of likely N-dealkylation sites (tertiary alicyclic amines) is 1. The molecule has 1 amide bonds. The standard InChI is InChI=1S/C16H21N3O6/c1-25-16(22)12-9-13(19(23)24)15(21)18(10-12)11-14(20)17-7-5-3-2-4-6-8-17/h9-10H,2-8,11H2,1H3. The van der Waals surface area contributed by atoms with Gasteiger partial charge in [0, 0.05) is 25.4 Å². The monoisotopic (exact) mass is 351 g/mol. The number of amides is 1. The fraction of sp³-hybridized carbons (Fsp3) is 0.562. The molecule has 1 aliphatic rings. The van der Waals surface area contributed by atoms with Crippen molar-refractivity contribution >= 4 is 17.6 Å². The molecule has 0 aromatic carbocycles. The van der Waals surface area contributed by atoms with Crippen LogP contribution in [0, 0.1) is 10.1 Å². The zero-order chi connectivity index (χ0) is 18.4. The highest BCUT2D eigenvalue weighted by molar-refractivity contribution is 5.89. The van der Waals surface area contributed by atoms with Crippen molar-refractivity contribution in [3.63, 3.8) is 0 Å². The van der Waals surface area contributed by atoms with E-state index in [9.17, 15) is 24.5 Å². The Morgan fingerprint density at radius 2 is 1.80 bits per heavy atom. The van der Waals surface area contributed by atoms with Crippen molar-refractivity contribution in [3.8, 4) is 0 Å². The zero-order valence-corrected chi connectivity index (χ0v) is 14.1. The van der Waals surface area contributed by atoms with Crippen LogP contribution >= 0.6 is 0 Å². The van der Waals surface area contributed by atoms with Gasteiger partial charge in [0.15, 0.2) is 0 Å². The largest absolute Gasteiger partial charge is 0.465 e. The minimum Gasteiger partial charge on any atom is -0.465 e. The van der Waals surface area contributed by atoms with Crippen molar-refractivity contribution < 1.29 is 19.2 Å². The van der Waals surface area contributed by atoms with Gasteiger partial charge in [0.2, 0.25) is 5.91 Å². The van der Waals surface area contributed by atoms with Crippen molar-refractivity contribution in [2.45, 2.75) is 38.6 Å². The zero-order valence-electron chi connectivity index (χ0n) is 14.1. The normalized spacial score (nSPS) is 15.2. The molecular weight excluding hydrogens is 330 g/mol. The summed E-state index contributed by atoms with van der Waals surface area (Å²) in [6, 6.07) is 0.866. The summed E-state index contributed by atoms with van der Waals surface area (Å²) in [5, 5.41) is 11.1. The third kappa shape index (κ3) is 4.65. The van der Waals surface area contributed by atoms with E-state index in [4.69, 9.17) is 0 Å². The number of aromatic nitrogens is 1. The Morgan fingerprint density at radius 1 is 1.20 bits per heavy atom. The average Bonchev–Trinajstić information content (AvgIpc) is 2.55. The topological polar surface area (TPSA) is 112 Å². The van der Waals surface area contributed by atoms with E-state index in [1.54, 1.807) is 4.90 Å². The molecule has 25 heavy (non-hydrogen) atoms. The maximum absolute atomic E-state index is 12.5. The Balaban J connectivity index is 2.29. The lowest BCUT2D eigenvalue weighted by Gasteiger charge is -2.25. The van der Waals surface area contributed by atoms with Crippen LogP contribution in [0.1, 0.15) is 42.5 Å². The van der Waals surface area contributed by atoms with Crippen LogP contribution in [-0.4, -0.2) is 46.5 Å². The highest BCUT2D eigenvalue weighted by Crippen LogP contribution is 2.12. The van der Waals surface area contributed by atoms with Crippen LogP contribution in [0.2, 0.25) is 0 Å². The van der Waals surface area contributed by atoms with Gasteiger partial charge in [-0.3, -0.25) is 24.3 Å². The first-order valence-corrected chi connectivity index (χ1v) is 8.19. The number of hydrogen-bond donors (Lipinski definition) is 0. The highest BCUT2D eigenvalue weighted by Gasteiger charge is 2.23. The summed E-state index contributed by atoms with van der Waals surface area (Å²) >= 11 is 0. The average molecular weight is 351 g/mol. The molecule has 9 nitrogen and oxygen atoms in total. The first-order valence-electron chi connectivity index (χ1n) is 8.19. The molecule has 1 saturated heterocycles. The quantitative estimate of drug-likeness (QED) is 0.460. The molecule has 1 aromatic rings. The number of nitrogens with zero attached hydrogens (tertiary/aromatic N) is 3. The third-order valence-electron chi connectivity index (χ3n) is 4.20. The fourth-order valence-corrected chi connectivity index (χ4v) is 2.84. The van der Waals surface area contributed by atoms with Gasteiger partial charge in [-0.1, -0.05) is 19.3 Å². The van der Waals surface area contributed by atoms with Crippen molar-refractivity contribution in [3.05, 3.63) is 38.3 Å². The van der Waals surface area contributed by atoms with E-state index < -0.39 is 22.1 Å². The Bertz CT molecular complexity index is 719. The molecule has 0 atom stereocenters. The summed E-state index contributed by atoms with van der Waals surface area (Å²) in [6.07, 6.45) is 6.16. The maximum atomic E-state index is 12.5. The van der Waals surface area contributed by atoms with E-state index >= 15 is 0 Å². The van der Waals surface area contributed by atoms with Crippen LogP contribution in [0.4, 0.5) is 5.69 Å². The maximum Gasteiger partial charge on any atom is 0.339 e. The number of esters is 1. The third-order valence-corrected chi connectivity index (χ3v) is 4.20. The van der Waals surface area contributed by atoms with Crippen molar-refractivity contribution in [2.75, 3.05) is 20.2 Å². The Kier molecular flexibility index (Phi) is 6.26. The second kappa shape index (κ2) is 8.41. The van der Waals surface area contributed by atoms with Crippen molar-refractivity contribution in [1.82, 2.24) is 9.47 Å². The number of rotatable bonds is 4. The lowest BCUT2D eigenvalue weighted by Crippen LogP contribution is -2.38. The number of ether oxygens (including phenoxy) is 1. The van der Waals surface area contributed by atoms with Crippen molar-refractivity contribution in [2.24, 2.45) is 0 Å². The van der Waals surface area contributed by atoms with Gasteiger partial charge in [-0.05, 0) is 12.8 Å². The number of nitro groups is 1. The summed E-state index contributed by atoms with van der Waals surface area (Å²) in [6.45, 7) is 0.864. The van der Waals surface area contributed by atoms with Gasteiger partial charge in [-0.2, -0.15) is 0 Å². The molecule has 1 fully saturated rings. The molecule has 9 heteroatoms. The molecule has 1 aromatic heterocycles. The number of methoxy groups -OCH3 is 1. The van der Waals surface area contributed by atoms with E-state index in [0.29, 0.717) is 13.1 Å². The second-order valence-corrected chi connectivity index (χ2v) is 5.94. The SMILES string of the molecule is COC(=O)c1cc([N+](=O)[O-])c(=O)n(CC(=O)N2CCCCCCC2)c1. The summed E-state index contributed by atoms with van der Waals surface area (Å²) < 4.78 is 5.45. The van der Waals surface area contributed by atoms with Gasteiger partial charge in [0.05, 0.1) is 17.6 Å². The van der Waals surface area contributed by atoms with E-state index in [0.717, 1.165) is 56.0 Å². The molecule has 0 spiro atoms. The molecular formula is C16H21N3O6. The summed E-state index contributed by atoms with van der Waals surface area (Å²) in [7, 11) is 1.13. The molecule has 136 valence electrons. The second-order valence-electron chi connectivity index (χ2n) is 5.94. The smallest absolute Gasteiger partial charge is 0.339 e. The van der Waals surface area contributed by atoms with Crippen LogP contribution in [0.25, 0.3) is 0 Å². The molecule has 2 heterocycles. The molecule has 0 bridgehead atoms. The van der Waals surface area contributed by atoms with Crippen molar-refractivity contribution in [1.29, 1.82) is 0 Å². The van der Waals surface area contributed by atoms with Gasteiger partial charge in [0.25, 0.3) is 0 Å². The predicted octanol–water partition coefficient (Wildman–Crippen LogP) is 1.34. The molecule has 2 rings (SSSR count). The summed E-state index contributed by atoms with van der Waals surface area (Å²) in [5.74, 6) is -1.10. The van der Waals surface area contributed by atoms with Crippen LogP contribution < -0.4 is 5.56 Å². The first-order chi connectivity index (χ1) is 11.9. The van der Waals surface area contributed by atoms with Crippen LogP contribution in [0.15, 0.2) is 17.1 Å². The fourth-order valence-electron chi connectivity index (χ4n) is 2.84. The van der Waals surface area contributed by atoms with Gasteiger partial charge >= 0.3 is 17.2 Å². The first kappa shape index (κ1) is 18.6. The van der Waals surface area contributed by atoms with E-state index in [1.807, 2.05) is 0 Å². The summed E-state index contributed by atoms with van der Waals surface area (Å²) in [5.41, 5.74) is -1.82. The summed E-state index contributed by atoms with van der Waals surface area (Å²) in [4.78, 5) is 48.2. The van der Waals surface area contributed by atoms with Crippen LogP contribution in [0.5, 0.6) is 0 Å². The molecule has 0 N–H and O–H groups in total. The van der Waals surface area contributed by atoms with Gasteiger partial charge in [-0.25, -0.2) is 4.79 Å². The molecule has 0 saturated carbocycles. The van der Waals surface area contributed by atoms with Crippen LogP contribution in [-0.2, 0) is 16.1 Å². The lowest BCUT2D eigenvalue weighted by molar-refractivity contribution is -0.386. The number of pyridine rings is 1. The number of carbonyl (C=O) groups excluding carboxylic acids is 2. The molecule has 0 unspecified atom stereocenters. The van der Waals surface area contributed by atoms with Gasteiger partial charge < -0.3 is 9.64 Å². The molecule has 1 aliphatic heterocycles. The highest BCUT2D eigenvalue weighted by atomic mass is 16.6. The van der Waals surface area contributed by atoms with Gasteiger partial charge in [-0.15, -0.1) is 0 Å². The van der Waals surface area contributed by atoms with E-state index in [2.05, 4.69) is 4.74 Å². The minimum absolute atomic E-state index is 0.144. The number of hydrogen-bond acceptors (Lipinski definition) is 6. The number of carbonyl (C=O) groups is 2. The van der Waals surface area contributed by atoms with Crippen LogP contribution in [0.3, 0.4) is 0 Å². The molecule has 0 radical (unpaired) electrons. The van der Waals surface area contributed by atoms with Gasteiger partial charge in [0.1, 0.15) is 6.54 Å². The Labute approximate surface area is 144 Å². The molecule has 0 aliphatic carbocycles. The lowest BCUT2D eigenvalue weighted by atomic mass is 10.1. The minimum atomic E-state index is -0.918. The Morgan fingerprint density at radius 3 is 2.36 bits per heavy atom. The van der Waals surface area contributed by atoms with E-state index in [-0.39, 0.29) is 18.0 Å².